The number of aliphatic carboxylic acids is 1. The summed E-state index contributed by atoms with van der Waals surface area (Å²) in [4.78, 5) is 34.5. The van der Waals surface area contributed by atoms with Crippen LogP contribution in [0.25, 0.3) is 6.08 Å². The first-order chi connectivity index (χ1) is 9.08. The number of aldehydes is 1. The summed E-state index contributed by atoms with van der Waals surface area (Å²) in [6.45, 7) is 1.09. The Morgan fingerprint density at radius 2 is 1.89 bits per heavy atom. The highest BCUT2D eigenvalue weighted by Gasteiger charge is 2.19. The van der Waals surface area contributed by atoms with Crippen LogP contribution < -0.4 is 0 Å². The summed E-state index contributed by atoms with van der Waals surface area (Å²) in [7, 11) is 0. The summed E-state index contributed by atoms with van der Waals surface area (Å²) in [5.74, 6) is -1.57. The number of benzene rings is 1. The largest absolute Gasteiger partial charge is 0.480 e. The summed E-state index contributed by atoms with van der Waals surface area (Å²) >= 11 is 0. The van der Waals surface area contributed by atoms with Crippen LogP contribution in [0.2, 0.25) is 0 Å². The Morgan fingerprint density at radius 3 is 2.37 bits per heavy atom. The number of hydrogen-bond donors (Lipinski definition) is 1. The summed E-state index contributed by atoms with van der Waals surface area (Å²) < 4.78 is 0. The van der Waals surface area contributed by atoms with E-state index in [0.29, 0.717) is 6.29 Å². The van der Waals surface area contributed by atoms with Crippen molar-refractivity contribution in [2.24, 2.45) is 0 Å². The monoisotopic (exact) mass is 261 g/mol. The number of carboxylic acids is 1. The van der Waals surface area contributed by atoms with Gasteiger partial charge in [-0.3, -0.25) is 19.3 Å². The second kappa shape index (κ2) is 7.10. The van der Waals surface area contributed by atoms with Gasteiger partial charge in [-0.05, 0) is 11.6 Å². The molecule has 0 aliphatic carbocycles. The predicted octanol–water partition coefficient (Wildman–Crippen LogP) is 1.55. The maximum Gasteiger partial charge on any atom is 0.323 e. The molecule has 0 bridgehead atoms. The van der Waals surface area contributed by atoms with Crippen molar-refractivity contribution in [3.8, 4) is 0 Å². The highest BCUT2D eigenvalue weighted by Crippen LogP contribution is 2.10. The van der Waals surface area contributed by atoms with Gasteiger partial charge in [-0.1, -0.05) is 37.3 Å². The maximum atomic E-state index is 11.7. The zero-order valence-corrected chi connectivity index (χ0v) is 10.6. The number of hydrogen-bond acceptors (Lipinski definition) is 3. The minimum atomic E-state index is -1.16. The van der Waals surface area contributed by atoms with Crippen molar-refractivity contribution in [1.82, 2.24) is 4.90 Å². The third-order valence-electron chi connectivity index (χ3n) is 2.44. The summed E-state index contributed by atoms with van der Waals surface area (Å²) in [5, 5.41) is 8.80. The van der Waals surface area contributed by atoms with Gasteiger partial charge in [0.1, 0.15) is 6.54 Å². The average molecular weight is 261 g/mol. The van der Waals surface area contributed by atoms with Crippen molar-refractivity contribution in [1.29, 1.82) is 0 Å². The van der Waals surface area contributed by atoms with Crippen molar-refractivity contribution in [3.05, 3.63) is 41.6 Å². The molecule has 0 heterocycles. The second-order valence-corrected chi connectivity index (χ2v) is 3.82. The van der Waals surface area contributed by atoms with Crippen LogP contribution in [-0.4, -0.2) is 34.7 Å². The molecule has 5 nitrogen and oxygen atoms in total. The topological polar surface area (TPSA) is 74.7 Å². The average Bonchev–Trinajstić information content (AvgIpc) is 2.42. The fourth-order valence-electron chi connectivity index (χ4n) is 1.55. The van der Waals surface area contributed by atoms with Gasteiger partial charge in [0.2, 0.25) is 5.91 Å². The molecule has 5 heteroatoms. The molecule has 19 heavy (non-hydrogen) atoms. The number of amides is 1. The molecule has 1 aromatic rings. The Bertz CT molecular complexity index is 493. The van der Waals surface area contributed by atoms with Crippen LogP contribution in [-0.2, 0) is 14.4 Å². The lowest BCUT2D eigenvalue weighted by molar-refractivity contribution is -0.143. The SMILES string of the molecule is CCC(=O)N(CC(=O)O)C(C=O)=Cc1ccccc1. The maximum absolute atomic E-state index is 11.7. The number of carbonyl (C=O) groups is 3. The lowest BCUT2D eigenvalue weighted by Gasteiger charge is -2.19. The molecule has 0 aliphatic heterocycles. The van der Waals surface area contributed by atoms with E-state index in [4.69, 9.17) is 5.11 Å². The molecule has 1 rings (SSSR count). The third kappa shape index (κ3) is 4.39. The van der Waals surface area contributed by atoms with Crippen molar-refractivity contribution in [2.45, 2.75) is 13.3 Å². The Morgan fingerprint density at radius 1 is 1.26 bits per heavy atom. The molecule has 0 saturated carbocycles. The van der Waals surface area contributed by atoms with Crippen molar-refractivity contribution < 1.29 is 19.5 Å². The zero-order valence-electron chi connectivity index (χ0n) is 10.6. The third-order valence-corrected chi connectivity index (χ3v) is 2.44. The molecule has 0 aliphatic rings. The first-order valence-electron chi connectivity index (χ1n) is 5.82. The normalized spacial score (nSPS) is 10.9. The Kier molecular flexibility index (Phi) is 5.47. The smallest absolute Gasteiger partial charge is 0.323 e. The fraction of sp³-hybridized carbons (Fsp3) is 0.214. The molecule has 0 aromatic heterocycles. The number of carboxylic acid groups (broad SMARTS) is 1. The highest BCUT2D eigenvalue weighted by atomic mass is 16.4. The molecule has 1 aromatic carbocycles. The quantitative estimate of drug-likeness (QED) is 0.622. The molecule has 0 saturated heterocycles. The number of nitrogens with zero attached hydrogens (tertiary/aromatic N) is 1. The van der Waals surface area contributed by atoms with Crippen LogP contribution in [0.1, 0.15) is 18.9 Å². The minimum absolute atomic E-state index is 0.0421. The van der Waals surface area contributed by atoms with E-state index in [1.54, 1.807) is 31.2 Å². The van der Waals surface area contributed by atoms with Crippen LogP contribution in [0.3, 0.4) is 0 Å². The van der Waals surface area contributed by atoms with Gasteiger partial charge in [0.25, 0.3) is 0 Å². The number of rotatable bonds is 6. The van der Waals surface area contributed by atoms with E-state index in [9.17, 15) is 14.4 Å². The summed E-state index contributed by atoms with van der Waals surface area (Å²) in [5.41, 5.74) is 0.768. The van der Waals surface area contributed by atoms with Crippen molar-refractivity contribution in [3.63, 3.8) is 0 Å². The highest BCUT2D eigenvalue weighted by molar-refractivity contribution is 5.92. The van der Waals surface area contributed by atoms with E-state index in [1.807, 2.05) is 6.07 Å². The molecular weight excluding hydrogens is 246 g/mol. The Hall–Kier alpha value is -2.43. The van der Waals surface area contributed by atoms with Crippen molar-refractivity contribution >= 4 is 24.2 Å². The summed E-state index contributed by atoms with van der Waals surface area (Å²) in [6, 6.07) is 8.93. The van der Waals surface area contributed by atoms with E-state index in [-0.39, 0.29) is 12.1 Å². The van der Waals surface area contributed by atoms with E-state index in [2.05, 4.69) is 0 Å². The molecule has 1 amide bonds. The standard InChI is InChI=1S/C14H15NO4/c1-2-13(17)15(9-14(18)19)12(10-16)8-11-6-4-3-5-7-11/h3-8,10H,2,9H2,1H3,(H,18,19). The first kappa shape index (κ1) is 14.6. The van der Waals surface area contributed by atoms with Crippen LogP contribution in [0.15, 0.2) is 36.0 Å². The van der Waals surface area contributed by atoms with Crippen LogP contribution in [0.4, 0.5) is 0 Å². The summed E-state index contributed by atoms with van der Waals surface area (Å²) in [6.07, 6.45) is 2.11. The van der Waals surface area contributed by atoms with Gasteiger partial charge in [0, 0.05) is 6.42 Å². The molecule has 1 N–H and O–H groups in total. The van der Waals surface area contributed by atoms with Gasteiger partial charge in [0.05, 0.1) is 5.70 Å². The van der Waals surface area contributed by atoms with Crippen LogP contribution >= 0.6 is 0 Å². The van der Waals surface area contributed by atoms with E-state index < -0.39 is 18.4 Å². The van der Waals surface area contributed by atoms with E-state index >= 15 is 0 Å². The molecule has 0 atom stereocenters. The Balaban J connectivity index is 3.09. The van der Waals surface area contributed by atoms with Gasteiger partial charge in [-0.15, -0.1) is 0 Å². The molecule has 0 spiro atoms. The second-order valence-electron chi connectivity index (χ2n) is 3.82. The fourth-order valence-corrected chi connectivity index (χ4v) is 1.55. The van der Waals surface area contributed by atoms with E-state index in [0.717, 1.165) is 10.5 Å². The van der Waals surface area contributed by atoms with Gasteiger partial charge in [-0.2, -0.15) is 0 Å². The van der Waals surface area contributed by atoms with Gasteiger partial charge >= 0.3 is 5.97 Å². The molecule has 0 fully saturated rings. The molecule has 100 valence electrons. The van der Waals surface area contributed by atoms with Gasteiger partial charge in [0.15, 0.2) is 6.29 Å². The molecule has 0 unspecified atom stereocenters. The number of carbonyl (C=O) groups excluding carboxylic acids is 2. The van der Waals surface area contributed by atoms with Gasteiger partial charge in [-0.25, -0.2) is 0 Å². The lowest BCUT2D eigenvalue weighted by Crippen LogP contribution is -2.35. The Labute approximate surface area is 111 Å². The van der Waals surface area contributed by atoms with Crippen LogP contribution in [0.5, 0.6) is 0 Å². The molecular formula is C14H15NO4. The minimum Gasteiger partial charge on any atom is -0.480 e. The molecule has 0 radical (unpaired) electrons. The van der Waals surface area contributed by atoms with Crippen molar-refractivity contribution in [2.75, 3.05) is 6.54 Å². The van der Waals surface area contributed by atoms with Crippen LogP contribution in [0, 0.1) is 0 Å². The van der Waals surface area contributed by atoms with E-state index in [1.165, 1.54) is 6.08 Å². The lowest BCUT2D eigenvalue weighted by atomic mass is 10.2. The first-order valence-corrected chi connectivity index (χ1v) is 5.82. The van der Waals surface area contributed by atoms with Gasteiger partial charge < -0.3 is 5.11 Å². The zero-order chi connectivity index (χ0) is 14.3. The number of allylic oxidation sites excluding steroid dienone is 1. The predicted molar refractivity (Wildman–Crippen MR) is 70.1 cm³/mol.